The Bertz CT molecular complexity index is 673. The Balaban J connectivity index is 2.45. The molecule has 0 unspecified atom stereocenters. The maximum absolute atomic E-state index is 11.9. The lowest BCUT2D eigenvalue weighted by Crippen LogP contribution is -2.46. The maximum atomic E-state index is 11.9. The third-order valence-electron chi connectivity index (χ3n) is 3.72. The van der Waals surface area contributed by atoms with Gasteiger partial charge in [0.15, 0.2) is 0 Å². The second-order valence-electron chi connectivity index (χ2n) is 6.20. The van der Waals surface area contributed by atoms with Gasteiger partial charge in [0.05, 0.1) is 26.1 Å². The number of esters is 1. The molecule has 0 radical (unpaired) electrons. The third kappa shape index (κ3) is 7.87. The van der Waals surface area contributed by atoms with Crippen molar-refractivity contribution in [3.63, 3.8) is 0 Å². The summed E-state index contributed by atoms with van der Waals surface area (Å²) in [6.45, 7) is 3.60. The highest BCUT2D eigenvalue weighted by Gasteiger charge is 2.17. The second kappa shape index (κ2) is 10.9. The number of hydrogen-bond acceptors (Lipinski definition) is 6. The largest absolute Gasteiger partial charge is 0.469 e. The fourth-order valence-electron chi connectivity index (χ4n) is 1.98. The molecule has 3 amide bonds. The highest BCUT2D eigenvalue weighted by molar-refractivity contribution is 5.97. The van der Waals surface area contributed by atoms with Gasteiger partial charge in [-0.1, -0.05) is 13.8 Å². The van der Waals surface area contributed by atoms with Gasteiger partial charge in [-0.25, -0.2) is 0 Å². The number of methoxy groups -OCH3 is 1. The van der Waals surface area contributed by atoms with Gasteiger partial charge in [0.2, 0.25) is 11.8 Å². The molecule has 0 fully saturated rings. The zero-order chi connectivity index (χ0) is 20.4. The Morgan fingerprint density at radius 2 is 1.70 bits per heavy atom. The highest BCUT2D eigenvalue weighted by atomic mass is 16.5. The molecule has 0 aliphatic heterocycles. The Kier molecular flexibility index (Phi) is 8.94. The molecule has 0 heterocycles. The fourth-order valence-corrected chi connectivity index (χ4v) is 1.98. The normalized spacial score (nSPS) is 11.4. The first-order valence-electron chi connectivity index (χ1n) is 8.52. The first-order valence-corrected chi connectivity index (χ1v) is 8.52. The van der Waals surface area contributed by atoms with Crippen LogP contribution in [0.15, 0.2) is 24.3 Å². The van der Waals surface area contributed by atoms with E-state index < -0.39 is 17.9 Å². The second-order valence-corrected chi connectivity index (χ2v) is 6.20. The molecule has 0 bridgehead atoms. The van der Waals surface area contributed by atoms with Gasteiger partial charge < -0.3 is 26.4 Å². The number of rotatable bonds is 9. The number of anilines is 1. The Morgan fingerprint density at radius 3 is 2.26 bits per heavy atom. The Morgan fingerprint density at radius 1 is 1.07 bits per heavy atom. The number of nitrogens with two attached hydrogens (primary N) is 1. The van der Waals surface area contributed by atoms with E-state index in [1.807, 2.05) is 13.8 Å². The van der Waals surface area contributed by atoms with E-state index in [4.69, 9.17) is 5.73 Å². The summed E-state index contributed by atoms with van der Waals surface area (Å²) in [6, 6.07) is 5.53. The summed E-state index contributed by atoms with van der Waals surface area (Å²) >= 11 is 0. The zero-order valence-electron chi connectivity index (χ0n) is 15.7. The minimum absolute atomic E-state index is 0.0284. The third-order valence-corrected chi connectivity index (χ3v) is 3.72. The predicted molar refractivity (Wildman–Crippen MR) is 99.9 cm³/mol. The van der Waals surface area contributed by atoms with E-state index in [9.17, 15) is 19.2 Å². The first kappa shape index (κ1) is 22.1. The molecule has 0 spiro atoms. The van der Waals surface area contributed by atoms with Crippen LogP contribution in [0, 0.1) is 5.92 Å². The lowest BCUT2D eigenvalue weighted by atomic mass is 10.1. The molecule has 1 aromatic rings. The van der Waals surface area contributed by atoms with Gasteiger partial charge in [-0.3, -0.25) is 19.2 Å². The van der Waals surface area contributed by atoms with Gasteiger partial charge in [-0.2, -0.15) is 0 Å². The Hall–Kier alpha value is -2.94. The van der Waals surface area contributed by atoms with Crippen LogP contribution in [0.3, 0.4) is 0 Å². The molecular weight excluding hydrogens is 352 g/mol. The van der Waals surface area contributed by atoms with Crippen molar-refractivity contribution >= 4 is 29.4 Å². The zero-order valence-corrected chi connectivity index (χ0v) is 15.7. The molecule has 0 aromatic heterocycles. The number of nitrogens with one attached hydrogen (secondary N) is 3. The van der Waals surface area contributed by atoms with Crippen molar-refractivity contribution in [2.45, 2.75) is 26.3 Å². The van der Waals surface area contributed by atoms with Crippen molar-refractivity contribution in [1.29, 1.82) is 0 Å². The van der Waals surface area contributed by atoms with Crippen molar-refractivity contribution in [1.82, 2.24) is 10.6 Å². The van der Waals surface area contributed by atoms with Crippen LogP contribution in [0.25, 0.3) is 0 Å². The average molecular weight is 378 g/mol. The van der Waals surface area contributed by atoms with Crippen molar-refractivity contribution in [3.05, 3.63) is 29.8 Å². The summed E-state index contributed by atoms with van der Waals surface area (Å²) in [5, 5.41) is 7.67. The van der Waals surface area contributed by atoms with Gasteiger partial charge in [-0.15, -0.1) is 0 Å². The summed E-state index contributed by atoms with van der Waals surface area (Å²) in [5.41, 5.74) is 6.56. The molecule has 0 saturated carbocycles. The summed E-state index contributed by atoms with van der Waals surface area (Å²) in [6.07, 6.45) is 0.0859. The lowest BCUT2D eigenvalue weighted by Gasteiger charge is -2.15. The van der Waals surface area contributed by atoms with Crippen LogP contribution in [-0.2, 0) is 19.1 Å². The van der Waals surface area contributed by atoms with Gasteiger partial charge in [0.1, 0.15) is 0 Å². The van der Waals surface area contributed by atoms with Crippen LogP contribution < -0.4 is 21.7 Å². The number of carbonyl (C=O) groups excluding carboxylic acids is 4. The van der Waals surface area contributed by atoms with E-state index in [1.54, 1.807) is 12.1 Å². The van der Waals surface area contributed by atoms with Crippen molar-refractivity contribution in [2.24, 2.45) is 11.7 Å². The van der Waals surface area contributed by atoms with Gasteiger partial charge in [0.25, 0.3) is 5.91 Å². The SMILES string of the molecule is COC(=O)CCNC(=O)c1ccc(NC(=O)CNC(=O)[C@@H](N)C(C)C)cc1. The molecule has 1 aromatic carbocycles. The summed E-state index contributed by atoms with van der Waals surface area (Å²) < 4.78 is 4.49. The molecule has 0 aliphatic carbocycles. The first-order chi connectivity index (χ1) is 12.7. The number of hydrogen-bond donors (Lipinski definition) is 4. The molecular formula is C18H26N4O5. The van der Waals surface area contributed by atoms with Crippen LogP contribution in [0.2, 0.25) is 0 Å². The molecule has 5 N–H and O–H groups in total. The maximum Gasteiger partial charge on any atom is 0.307 e. The number of carbonyl (C=O) groups is 4. The van der Waals surface area contributed by atoms with E-state index in [0.717, 1.165) is 0 Å². The Labute approximate surface area is 158 Å². The van der Waals surface area contributed by atoms with E-state index in [2.05, 4.69) is 20.7 Å². The van der Waals surface area contributed by atoms with E-state index >= 15 is 0 Å². The molecule has 27 heavy (non-hydrogen) atoms. The molecule has 9 heteroatoms. The number of ether oxygens (including phenoxy) is 1. The predicted octanol–water partition coefficient (Wildman–Crippen LogP) is 0.0175. The number of amides is 3. The highest BCUT2D eigenvalue weighted by Crippen LogP contribution is 2.09. The van der Waals surface area contributed by atoms with Crippen LogP contribution in [-0.4, -0.2) is 49.9 Å². The monoisotopic (exact) mass is 378 g/mol. The standard InChI is InChI=1S/C18H26N4O5/c1-11(2)16(19)18(26)21-10-14(23)22-13-6-4-12(5-7-13)17(25)20-9-8-15(24)27-3/h4-7,11,16H,8-10,19H2,1-3H3,(H,20,25)(H,21,26)(H,22,23)/t16-/m0/s1. The smallest absolute Gasteiger partial charge is 0.307 e. The molecule has 0 aliphatic rings. The molecule has 1 rings (SSSR count). The van der Waals surface area contributed by atoms with E-state index in [-0.39, 0.29) is 37.2 Å². The lowest BCUT2D eigenvalue weighted by molar-refractivity contribution is -0.140. The fraction of sp³-hybridized carbons (Fsp3) is 0.444. The van der Waals surface area contributed by atoms with Crippen LogP contribution in [0.4, 0.5) is 5.69 Å². The molecule has 9 nitrogen and oxygen atoms in total. The summed E-state index contributed by atoms with van der Waals surface area (Å²) in [5.74, 6) is -1.57. The molecule has 0 saturated heterocycles. The molecule has 148 valence electrons. The minimum atomic E-state index is -0.672. The van der Waals surface area contributed by atoms with Crippen LogP contribution in [0.5, 0.6) is 0 Å². The van der Waals surface area contributed by atoms with Gasteiger partial charge in [0, 0.05) is 17.8 Å². The van der Waals surface area contributed by atoms with Crippen LogP contribution in [0.1, 0.15) is 30.6 Å². The van der Waals surface area contributed by atoms with E-state index in [0.29, 0.717) is 11.3 Å². The van der Waals surface area contributed by atoms with E-state index in [1.165, 1.54) is 19.2 Å². The summed E-state index contributed by atoms with van der Waals surface area (Å²) in [4.78, 5) is 46.5. The van der Waals surface area contributed by atoms with Gasteiger partial charge in [-0.05, 0) is 30.2 Å². The quantitative estimate of drug-likeness (QED) is 0.447. The van der Waals surface area contributed by atoms with Crippen LogP contribution >= 0.6 is 0 Å². The van der Waals surface area contributed by atoms with Crippen molar-refractivity contribution in [3.8, 4) is 0 Å². The molecule has 1 atom stereocenters. The minimum Gasteiger partial charge on any atom is -0.469 e. The van der Waals surface area contributed by atoms with Gasteiger partial charge >= 0.3 is 5.97 Å². The average Bonchev–Trinajstić information content (AvgIpc) is 2.65. The topological polar surface area (TPSA) is 140 Å². The number of benzene rings is 1. The summed E-state index contributed by atoms with van der Waals surface area (Å²) in [7, 11) is 1.28. The van der Waals surface area contributed by atoms with Crippen molar-refractivity contribution < 1.29 is 23.9 Å². The van der Waals surface area contributed by atoms with Crippen molar-refractivity contribution in [2.75, 3.05) is 25.5 Å².